The van der Waals surface area contributed by atoms with Gasteiger partial charge in [-0.2, -0.15) is 13.2 Å². The molecule has 7 heteroatoms. The van der Waals surface area contributed by atoms with Crippen LogP contribution in [0.1, 0.15) is 37.8 Å². The average Bonchev–Trinajstić information content (AvgIpc) is 2.59. The van der Waals surface area contributed by atoms with Gasteiger partial charge in [-0.05, 0) is 43.0 Å². The summed E-state index contributed by atoms with van der Waals surface area (Å²) in [4.78, 5) is 3.95. The first-order valence-electron chi connectivity index (χ1n) is 8.81. The molecular formula is C20H23F3N4. The van der Waals surface area contributed by atoms with E-state index >= 15 is 0 Å². The lowest BCUT2D eigenvalue weighted by molar-refractivity contribution is -0.137. The second-order valence-electron chi connectivity index (χ2n) is 7.36. The number of aromatic nitrogens is 1. The van der Waals surface area contributed by atoms with Crippen LogP contribution in [-0.4, -0.2) is 10.6 Å². The molecule has 0 aliphatic carbocycles. The van der Waals surface area contributed by atoms with Gasteiger partial charge in [-0.3, -0.25) is 4.98 Å². The number of benzene rings is 1. The highest BCUT2D eigenvalue weighted by Crippen LogP contribution is 2.39. The third-order valence-corrected chi connectivity index (χ3v) is 4.63. The van der Waals surface area contributed by atoms with Crippen LogP contribution in [0.5, 0.6) is 0 Å². The Labute approximate surface area is 156 Å². The zero-order valence-electron chi connectivity index (χ0n) is 15.3. The number of rotatable bonds is 4. The fourth-order valence-electron chi connectivity index (χ4n) is 3.22. The summed E-state index contributed by atoms with van der Waals surface area (Å²) in [6.45, 7) is 4.20. The average molecular weight is 376 g/mol. The van der Waals surface area contributed by atoms with E-state index in [2.05, 4.69) is 24.1 Å². The van der Waals surface area contributed by atoms with Gasteiger partial charge in [-0.1, -0.05) is 26.0 Å². The van der Waals surface area contributed by atoms with E-state index in [9.17, 15) is 13.2 Å². The van der Waals surface area contributed by atoms with E-state index in [1.807, 2.05) is 0 Å². The molecule has 0 fully saturated rings. The molecule has 1 atom stereocenters. The van der Waals surface area contributed by atoms with E-state index in [0.29, 0.717) is 34.9 Å². The Balaban J connectivity index is 2.01. The van der Waals surface area contributed by atoms with Crippen LogP contribution < -0.4 is 16.8 Å². The summed E-state index contributed by atoms with van der Waals surface area (Å²) in [5, 5.41) is 3.24. The van der Waals surface area contributed by atoms with Crippen molar-refractivity contribution in [2.45, 2.75) is 38.5 Å². The maximum atomic E-state index is 13.3. The van der Waals surface area contributed by atoms with Gasteiger partial charge in [-0.15, -0.1) is 0 Å². The molecule has 1 aromatic carbocycles. The molecule has 0 saturated carbocycles. The summed E-state index contributed by atoms with van der Waals surface area (Å²) in [5.41, 5.74) is 13.1. The maximum Gasteiger partial charge on any atom is 0.418 e. The minimum atomic E-state index is -4.49. The minimum absolute atomic E-state index is 0.118. The number of hydrogen-bond donors (Lipinski definition) is 3. The van der Waals surface area contributed by atoms with E-state index in [1.165, 1.54) is 12.3 Å². The molecule has 144 valence electrons. The summed E-state index contributed by atoms with van der Waals surface area (Å²) < 4.78 is 40.0. The van der Waals surface area contributed by atoms with Crippen LogP contribution in [0.4, 0.5) is 18.9 Å². The third-order valence-electron chi connectivity index (χ3n) is 4.63. The van der Waals surface area contributed by atoms with Crippen LogP contribution in [0.15, 0.2) is 42.6 Å². The van der Waals surface area contributed by atoms with Gasteiger partial charge >= 0.3 is 6.18 Å². The number of hydrogen-bond acceptors (Lipinski definition) is 4. The van der Waals surface area contributed by atoms with Gasteiger partial charge in [-0.25, -0.2) is 0 Å². The highest BCUT2D eigenvalue weighted by Gasteiger charge is 2.35. The minimum Gasteiger partial charge on any atom is -0.398 e. The summed E-state index contributed by atoms with van der Waals surface area (Å²) >= 11 is 0. The molecule has 27 heavy (non-hydrogen) atoms. The molecule has 1 unspecified atom stereocenters. The number of nitrogens with zero attached hydrogens (tertiary/aromatic N) is 1. The Morgan fingerprint density at radius 1 is 1.22 bits per heavy atom. The molecule has 2 heterocycles. The van der Waals surface area contributed by atoms with Crippen molar-refractivity contribution < 1.29 is 13.2 Å². The second-order valence-corrected chi connectivity index (χ2v) is 7.36. The normalized spacial score (nSPS) is 19.4. The number of anilines is 1. The maximum absolute atomic E-state index is 13.3. The van der Waals surface area contributed by atoms with Gasteiger partial charge in [0, 0.05) is 28.7 Å². The van der Waals surface area contributed by atoms with Crippen molar-refractivity contribution >= 4 is 11.4 Å². The Morgan fingerprint density at radius 2 is 1.96 bits per heavy atom. The van der Waals surface area contributed by atoms with E-state index in [4.69, 9.17) is 11.5 Å². The number of fused-ring (bicyclic) bond motifs is 1. The summed E-state index contributed by atoms with van der Waals surface area (Å²) in [6, 6.07) is 7.22. The van der Waals surface area contributed by atoms with Gasteiger partial charge in [0.2, 0.25) is 0 Å². The van der Waals surface area contributed by atoms with E-state index in [0.717, 1.165) is 12.5 Å². The molecular weight excluding hydrogens is 353 g/mol. The molecule has 0 amide bonds. The molecule has 0 radical (unpaired) electrons. The van der Waals surface area contributed by atoms with Crippen molar-refractivity contribution in [3.05, 3.63) is 53.7 Å². The summed E-state index contributed by atoms with van der Waals surface area (Å²) in [5.74, 6) is 0.470. The van der Waals surface area contributed by atoms with Crippen molar-refractivity contribution in [2.75, 3.05) is 5.32 Å². The van der Waals surface area contributed by atoms with Gasteiger partial charge in [0.05, 0.1) is 11.3 Å². The molecule has 3 rings (SSSR count). The van der Waals surface area contributed by atoms with Crippen molar-refractivity contribution in [3.63, 3.8) is 0 Å². The molecule has 5 N–H and O–H groups in total. The molecule has 1 aliphatic rings. The van der Waals surface area contributed by atoms with E-state index < -0.39 is 17.4 Å². The third kappa shape index (κ3) is 4.08. The van der Waals surface area contributed by atoms with Gasteiger partial charge in [0.25, 0.3) is 0 Å². The van der Waals surface area contributed by atoms with Gasteiger partial charge in [0.15, 0.2) is 0 Å². The Hall–Kier alpha value is -2.54. The molecule has 0 bridgehead atoms. The fourth-order valence-corrected chi connectivity index (χ4v) is 3.22. The van der Waals surface area contributed by atoms with E-state index in [-0.39, 0.29) is 5.69 Å². The first-order chi connectivity index (χ1) is 12.6. The lowest BCUT2D eigenvalue weighted by Gasteiger charge is -2.35. The Kier molecular flexibility index (Phi) is 4.90. The monoisotopic (exact) mass is 376 g/mol. The van der Waals surface area contributed by atoms with Crippen molar-refractivity contribution in [1.29, 1.82) is 0 Å². The zero-order chi connectivity index (χ0) is 19.8. The SMILES string of the molecule is CC(C)CCC1(N)C=C(N)c2ccc(-c3ncccc3C(F)(F)F)cc2N1. The van der Waals surface area contributed by atoms with Gasteiger partial charge in [0.1, 0.15) is 5.66 Å². The fraction of sp³-hybridized carbons (Fsp3) is 0.350. The van der Waals surface area contributed by atoms with Crippen molar-refractivity contribution in [1.82, 2.24) is 4.98 Å². The Bertz CT molecular complexity index is 874. The summed E-state index contributed by atoms with van der Waals surface area (Å²) in [6.07, 6.45) is 0.189. The number of nitrogens with one attached hydrogen (secondary N) is 1. The topological polar surface area (TPSA) is 77.0 Å². The highest BCUT2D eigenvalue weighted by molar-refractivity contribution is 5.83. The number of alkyl halides is 3. The largest absolute Gasteiger partial charge is 0.418 e. The molecule has 4 nitrogen and oxygen atoms in total. The van der Waals surface area contributed by atoms with Crippen molar-refractivity contribution in [2.24, 2.45) is 17.4 Å². The standard InChI is InChI=1S/C20H23F3N4/c1-12(2)7-8-19(25)11-16(24)14-6-5-13(10-17(14)27-19)18-15(20(21,22)23)4-3-9-26-18/h3-6,9-12,27H,7-8,24-25H2,1-2H3. The molecule has 2 aromatic rings. The number of pyridine rings is 1. The molecule has 1 aromatic heterocycles. The Morgan fingerprint density at radius 3 is 2.63 bits per heavy atom. The van der Waals surface area contributed by atoms with Crippen LogP contribution in [-0.2, 0) is 6.18 Å². The van der Waals surface area contributed by atoms with Crippen LogP contribution in [0.3, 0.4) is 0 Å². The first kappa shape index (κ1) is 19.2. The summed E-state index contributed by atoms with van der Waals surface area (Å²) in [7, 11) is 0. The van der Waals surface area contributed by atoms with Gasteiger partial charge < -0.3 is 16.8 Å². The smallest absolute Gasteiger partial charge is 0.398 e. The molecule has 1 aliphatic heterocycles. The lowest BCUT2D eigenvalue weighted by Crippen LogP contribution is -2.48. The number of nitrogens with two attached hydrogens (primary N) is 2. The number of halogens is 3. The van der Waals surface area contributed by atoms with Crippen LogP contribution >= 0.6 is 0 Å². The van der Waals surface area contributed by atoms with Crippen LogP contribution in [0, 0.1) is 5.92 Å². The predicted molar refractivity (Wildman–Crippen MR) is 101 cm³/mol. The lowest BCUT2D eigenvalue weighted by atomic mass is 9.91. The quantitative estimate of drug-likeness (QED) is 0.730. The van der Waals surface area contributed by atoms with E-state index in [1.54, 1.807) is 24.3 Å². The predicted octanol–water partition coefficient (Wildman–Crippen LogP) is 4.58. The van der Waals surface area contributed by atoms with Crippen LogP contribution in [0.2, 0.25) is 0 Å². The van der Waals surface area contributed by atoms with Crippen LogP contribution in [0.25, 0.3) is 17.0 Å². The first-order valence-corrected chi connectivity index (χ1v) is 8.81. The van der Waals surface area contributed by atoms with Crippen molar-refractivity contribution in [3.8, 4) is 11.3 Å². The second kappa shape index (κ2) is 6.88. The highest BCUT2D eigenvalue weighted by atomic mass is 19.4. The zero-order valence-corrected chi connectivity index (χ0v) is 15.3. The molecule has 0 saturated heterocycles. The molecule has 0 spiro atoms.